The number of anilines is 1. The molecule has 6 nitrogen and oxygen atoms in total. The zero-order chi connectivity index (χ0) is 15.3. The normalized spacial score (nSPS) is 12.6. The third-order valence-corrected chi connectivity index (χ3v) is 2.45. The molecule has 6 heteroatoms. The third kappa shape index (κ3) is 5.60. The average Bonchev–Trinajstić information content (AvgIpc) is 2.28. The van der Waals surface area contributed by atoms with Crippen molar-refractivity contribution in [2.75, 3.05) is 5.73 Å². The number of nitrogen functional groups attached to an aromatic ring is 1. The van der Waals surface area contributed by atoms with Gasteiger partial charge in [-0.05, 0) is 38.5 Å². The average molecular weight is 279 g/mol. The maximum atomic E-state index is 11.7. The molecule has 0 radical (unpaired) electrons. The van der Waals surface area contributed by atoms with Gasteiger partial charge in [-0.25, -0.2) is 4.79 Å². The van der Waals surface area contributed by atoms with E-state index >= 15 is 0 Å². The highest BCUT2D eigenvalue weighted by Gasteiger charge is 2.22. The van der Waals surface area contributed by atoms with Gasteiger partial charge in [0, 0.05) is 12.1 Å². The minimum absolute atomic E-state index is 0.287. The molecule has 0 bridgehead atoms. The molecule has 0 heterocycles. The number of amides is 2. The summed E-state index contributed by atoms with van der Waals surface area (Å²) in [7, 11) is 0. The molecule has 110 valence electrons. The van der Waals surface area contributed by atoms with Gasteiger partial charge in [-0.2, -0.15) is 0 Å². The van der Waals surface area contributed by atoms with Crippen LogP contribution in [0.3, 0.4) is 0 Å². The van der Waals surface area contributed by atoms with Gasteiger partial charge in [0.1, 0.15) is 11.6 Å². The molecule has 0 saturated carbocycles. The largest absolute Gasteiger partial charge is 0.444 e. The van der Waals surface area contributed by atoms with Crippen LogP contribution >= 0.6 is 0 Å². The van der Waals surface area contributed by atoms with Crippen LogP contribution in [0.25, 0.3) is 0 Å². The molecule has 1 atom stereocenters. The predicted octanol–water partition coefficient (Wildman–Crippen LogP) is 1.19. The van der Waals surface area contributed by atoms with Crippen LogP contribution in [-0.2, 0) is 16.0 Å². The summed E-state index contributed by atoms with van der Waals surface area (Å²) in [5.74, 6) is -0.618. The summed E-state index contributed by atoms with van der Waals surface area (Å²) >= 11 is 0. The first kappa shape index (κ1) is 15.8. The summed E-state index contributed by atoms with van der Waals surface area (Å²) < 4.78 is 5.10. The number of ether oxygens (including phenoxy) is 1. The van der Waals surface area contributed by atoms with E-state index < -0.39 is 23.6 Å². The molecule has 0 aliphatic rings. The molecule has 0 aliphatic heterocycles. The minimum Gasteiger partial charge on any atom is -0.444 e. The van der Waals surface area contributed by atoms with E-state index in [1.807, 2.05) is 0 Å². The SMILES string of the molecule is CC(C)(C)OC(=O)N[C@H](Cc1ccc(N)cc1)C(N)=O. The monoisotopic (exact) mass is 279 g/mol. The summed E-state index contributed by atoms with van der Waals surface area (Å²) in [6.45, 7) is 5.23. The van der Waals surface area contributed by atoms with E-state index in [2.05, 4.69) is 5.32 Å². The molecule has 0 fully saturated rings. The van der Waals surface area contributed by atoms with Crippen LogP contribution < -0.4 is 16.8 Å². The van der Waals surface area contributed by atoms with Crippen LogP contribution in [-0.4, -0.2) is 23.6 Å². The molecular weight excluding hydrogens is 258 g/mol. The van der Waals surface area contributed by atoms with Gasteiger partial charge < -0.3 is 21.5 Å². The predicted molar refractivity (Wildman–Crippen MR) is 76.9 cm³/mol. The highest BCUT2D eigenvalue weighted by molar-refractivity contribution is 5.84. The zero-order valence-electron chi connectivity index (χ0n) is 12.0. The van der Waals surface area contributed by atoms with Crippen molar-refractivity contribution in [3.8, 4) is 0 Å². The van der Waals surface area contributed by atoms with Gasteiger partial charge in [0.15, 0.2) is 0 Å². The topological polar surface area (TPSA) is 107 Å². The van der Waals surface area contributed by atoms with Crippen LogP contribution in [0.2, 0.25) is 0 Å². The quantitative estimate of drug-likeness (QED) is 0.719. The number of benzene rings is 1. The second-order valence-electron chi connectivity index (χ2n) is 5.55. The lowest BCUT2D eigenvalue weighted by molar-refractivity contribution is -0.120. The number of alkyl carbamates (subject to hydrolysis) is 1. The lowest BCUT2D eigenvalue weighted by Gasteiger charge is -2.22. The van der Waals surface area contributed by atoms with Crippen molar-refractivity contribution in [3.63, 3.8) is 0 Å². The fourth-order valence-corrected chi connectivity index (χ4v) is 1.56. The Kier molecular flexibility index (Phi) is 4.96. The van der Waals surface area contributed by atoms with Gasteiger partial charge in [-0.15, -0.1) is 0 Å². The lowest BCUT2D eigenvalue weighted by atomic mass is 10.1. The molecule has 0 spiro atoms. The van der Waals surface area contributed by atoms with Gasteiger partial charge in [0.25, 0.3) is 0 Å². The van der Waals surface area contributed by atoms with Crippen LogP contribution in [0.15, 0.2) is 24.3 Å². The minimum atomic E-state index is -0.825. The number of hydrogen-bond acceptors (Lipinski definition) is 4. The molecule has 2 amide bonds. The molecular formula is C14H21N3O3. The molecule has 0 aliphatic carbocycles. The van der Waals surface area contributed by atoms with E-state index in [4.69, 9.17) is 16.2 Å². The Bertz CT molecular complexity index is 477. The van der Waals surface area contributed by atoms with Crippen molar-refractivity contribution in [1.29, 1.82) is 0 Å². The number of primary amides is 1. The Balaban J connectivity index is 2.68. The second-order valence-corrected chi connectivity index (χ2v) is 5.55. The number of nitrogens with one attached hydrogen (secondary N) is 1. The number of carbonyl (C=O) groups excluding carboxylic acids is 2. The Morgan fingerprint density at radius 1 is 1.25 bits per heavy atom. The summed E-state index contributed by atoms with van der Waals surface area (Å²) in [6, 6.07) is 6.18. The lowest BCUT2D eigenvalue weighted by Crippen LogP contribution is -2.47. The van der Waals surface area contributed by atoms with Crippen molar-refractivity contribution in [2.45, 2.75) is 38.8 Å². The first-order chi connectivity index (χ1) is 9.17. The summed E-state index contributed by atoms with van der Waals surface area (Å²) in [4.78, 5) is 23.1. The van der Waals surface area contributed by atoms with Gasteiger partial charge in [0.2, 0.25) is 5.91 Å². The molecule has 20 heavy (non-hydrogen) atoms. The van der Waals surface area contributed by atoms with Crippen molar-refractivity contribution >= 4 is 17.7 Å². The Morgan fingerprint density at radius 2 is 1.80 bits per heavy atom. The van der Waals surface area contributed by atoms with E-state index in [0.29, 0.717) is 5.69 Å². The maximum absolute atomic E-state index is 11.7. The summed E-state index contributed by atoms with van der Waals surface area (Å²) in [5.41, 5.74) is 11.7. The van der Waals surface area contributed by atoms with E-state index in [1.165, 1.54) is 0 Å². The van der Waals surface area contributed by atoms with Crippen molar-refractivity contribution in [2.24, 2.45) is 5.73 Å². The fourth-order valence-electron chi connectivity index (χ4n) is 1.56. The van der Waals surface area contributed by atoms with Crippen LogP contribution in [0.5, 0.6) is 0 Å². The van der Waals surface area contributed by atoms with E-state index in [1.54, 1.807) is 45.0 Å². The van der Waals surface area contributed by atoms with Gasteiger partial charge >= 0.3 is 6.09 Å². The van der Waals surface area contributed by atoms with Crippen LogP contribution in [0.1, 0.15) is 26.3 Å². The number of carbonyl (C=O) groups is 2. The van der Waals surface area contributed by atoms with Crippen molar-refractivity contribution < 1.29 is 14.3 Å². The molecule has 5 N–H and O–H groups in total. The molecule has 0 aromatic heterocycles. The number of nitrogens with two attached hydrogens (primary N) is 2. The van der Waals surface area contributed by atoms with E-state index in [9.17, 15) is 9.59 Å². The number of hydrogen-bond donors (Lipinski definition) is 3. The maximum Gasteiger partial charge on any atom is 0.408 e. The Morgan fingerprint density at radius 3 is 2.25 bits per heavy atom. The van der Waals surface area contributed by atoms with Crippen LogP contribution in [0, 0.1) is 0 Å². The van der Waals surface area contributed by atoms with E-state index in [-0.39, 0.29) is 6.42 Å². The molecule has 1 aromatic rings. The Hall–Kier alpha value is -2.24. The first-order valence-electron chi connectivity index (χ1n) is 6.30. The van der Waals surface area contributed by atoms with Crippen molar-refractivity contribution in [3.05, 3.63) is 29.8 Å². The van der Waals surface area contributed by atoms with Gasteiger partial charge in [0.05, 0.1) is 0 Å². The molecule has 0 saturated heterocycles. The van der Waals surface area contributed by atoms with Gasteiger partial charge in [-0.3, -0.25) is 4.79 Å². The van der Waals surface area contributed by atoms with Crippen molar-refractivity contribution in [1.82, 2.24) is 5.32 Å². The third-order valence-electron chi connectivity index (χ3n) is 2.45. The smallest absolute Gasteiger partial charge is 0.408 e. The molecule has 1 rings (SSSR count). The second kappa shape index (κ2) is 6.27. The number of rotatable bonds is 4. The summed E-state index contributed by atoms with van der Waals surface area (Å²) in [6.07, 6.45) is -0.383. The standard InChI is InChI=1S/C14H21N3O3/c1-14(2,3)20-13(19)17-11(12(16)18)8-9-4-6-10(15)7-5-9/h4-7,11H,8,15H2,1-3H3,(H2,16,18)(H,17,19)/t11-/m1/s1. The van der Waals surface area contributed by atoms with Gasteiger partial charge in [-0.1, -0.05) is 12.1 Å². The fraction of sp³-hybridized carbons (Fsp3) is 0.429. The molecule has 1 aromatic carbocycles. The summed E-state index contributed by atoms with van der Waals surface area (Å²) in [5, 5.41) is 2.47. The highest BCUT2D eigenvalue weighted by atomic mass is 16.6. The Labute approximate surface area is 118 Å². The van der Waals surface area contributed by atoms with Crippen LogP contribution in [0.4, 0.5) is 10.5 Å². The highest BCUT2D eigenvalue weighted by Crippen LogP contribution is 2.10. The van der Waals surface area contributed by atoms with E-state index in [0.717, 1.165) is 5.56 Å². The molecule has 0 unspecified atom stereocenters. The first-order valence-corrected chi connectivity index (χ1v) is 6.30. The zero-order valence-corrected chi connectivity index (χ0v) is 12.0.